The largest absolute Gasteiger partial charge is 0.368 e. The molecule has 120 valence electrons. The molecule has 0 bridgehead atoms. The number of carbonyl (C=O) groups is 1. The molecule has 3 N–H and O–H groups in total. The van der Waals surface area contributed by atoms with E-state index in [-0.39, 0.29) is 0 Å². The maximum absolute atomic E-state index is 11.8. The Kier molecular flexibility index (Phi) is 4.34. The van der Waals surface area contributed by atoms with Crippen LogP contribution in [-0.2, 0) is 11.3 Å². The molecule has 0 saturated heterocycles. The number of primary amides is 1. The average molecular weight is 321 g/mol. The summed E-state index contributed by atoms with van der Waals surface area (Å²) in [6.07, 6.45) is 3.33. The number of hydrogen-bond donors (Lipinski definition) is 2. The molecule has 0 aliphatic heterocycles. The molecule has 1 aromatic carbocycles. The number of hydrogen-bond acceptors (Lipinski definition) is 6. The average Bonchev–Trinajstić information content (AvgIpc) is 3.02. The predicted molar refractivity (Wildman–Crippen MR) is 87.6 cm³/mol. The highest BCUT2D eigenvalue weighted by molar-refractivity contribution is 5.90. The number of nitrogens with one attached hydrogen (secondary N) is 1. The number of aryl methyl sites for hydroxylation is 1. The summed E-state index contributed by atoms with van der Waals surface area (Å²) in [5.74, 6) is -0.0410. The molecule has 0 spiro atoms. The van der Waals surface area contributed by atoms with Crippen LogP contribution in [0.15, 0.2) is 42.9 Å². The Morgan fingerprint density at radius 2 is 2.12 bits per heavy atom. The molecule has 8 heteroatoms. The molecule has 24 heavy (non-hydrogen) atoms. The summed E-state index contributed by atoms with van der Waals surface area (Å²) in [6, 6.07) is 10.5. The molecule has 3 rings (SSSR count). The third kappa shape index (κ3) is 3.01. The second-order valence-electron chi connectivity index (χ2n) is 5.13. The van der Waals surface area contributed by atoms with Crippen LogP contribution in [0.5, 0.6) is 0 Å². The molecule has 0 saturated carbocycles. The highest BCUT2D eigenvalue weighted by Crippen LogP contribution is 2.24. The Bertz CT molecular complexity index is 898. The zero-order chi connectivity index (χ0) is 16.9. The zero-order valence-electron chi connectivity index (χ0n) is 12.8. The van der Waals surface area contributed by atoms with Crippen molar-refractivity contribution in [3.8, 4) is 6.07 Å². The highest BCUT2D eigenvalue weighted by atomic mass is 16.1. The fourth-order valence-corrected chi connectivity index (χ4v) is 2.43. The Morgan fingerprint density at radius 3 is 2.83 bits per heavy atom. The molecule has 0 aliphatic carbocycles. The second kappa shape index (κ2) is 6.75. The van der Waals surface area contributed by atoms with Crippen LogP contribution in [0.2, 0.25) is 0 Å². The molecule has 0 unspecified atom stereocenters. The summed E-state index contributed by atoms with van der Waals surface area (Å²) in [6.45, 7) is 0.439. The number of aromatic nitrogens is 4. The van der Waals surface area contributed by atoms with Crippen LogP contribution in [0.25, 0.3) is 11.0 Å². The molecule has 0 fully saturated rings. The van der Waals surface area contributed by atoms with E-state index in [2.05, 4.69) is 26.5 Å². The third-order valence-electron chi connectivity index (χ3n) is 3.57. The Labute approximate surface area is 137 Å². The van der Waals surface area contributed by atoms with Gasteiger partial charge < -0.3 is 11.1 Å². The van der Waals surface area contributed by atoms with E-state index in [9.17, 15) is 4.79 Å². The summed E-state index contributed by atoms with van der Waals surface area (Å²) < 4.78 is 1.63. The number of amides is 1. The van der Waals surface area contributed by atoms with Gasteiger partial charge in [-0.25, -0.2) is 14.6 Å². The monoisotopic (exact) mass is 321 g/mol. The molecular formula is C16H15N7O. The lowest BCUT2D eigenvalue weighted by Crippen LogP contribution is -2.28. The van der Waals surface area contributed by atoms with Gasteiger partial charge in [-0.05, 0) is 5.56 Å². The summed E-state index contributed by atoms with van der Waals surface area (Å²) >= 11 is 0. The van der Waals surface area contributed by atoms with Crippen LogP contribution in [0, 0.1) is 11.3 Å². The lowest BCUT2D eigenvalue weighted by molar-refractivity contribution is -0.118. The first-order valence-corrected chi connectivity index (χ1v) is 7.35. The van der Waals surface area contributed by atoms with Gasteiger partial charge in [0, 0.05) is 0 Å². The number of rotatable bonds is 6. The molecule has 2 heterocycles. The fourth-order valence-electron chi connectivity index (χ4n) is 2.43. The SMILES string of the molecule is N#CCCn1ncc2c(N[C@@H](C(N)=O)c3ccccc3)ncnc21. The van der Waals surface area contributed by atoms with E-state index in [1.54, 1.807) is 10.9 Å². The van der Waals surface area contributed by atoms with Crippen molar-refractivity contribution in [3.63, 3.8) is 0 Å². The first-order chi connectivity index (χ1) is 11.7. The van der Waals surface area contributed by atoms with Crippen LogP contribution in [0.3, 0.4) is 0 Å². The van der Waals surface area contributed by atoms with Gasteiger partial charge in [-0.1, -0.05) is 30.3 Å². The molecule has 8 nitrogen and oxygen atoms in total. The maximum atomic E-state index is 11.8. The molecule has 1 amide bonds. The van der Waals surface area contributed by atoms with E-state index in [0.717, 1.165) is 5.56 Å². The Balaban J connectivity index is 1.96. The minimum absolute atomic E-state index is 0.331. The lowest BCUT2D eigenvalue weighted by Gasteiger charge is -2.16. The van der Waals surface area contributed by atoms with Gasteiger partial charge in [0.25, 0.3) is 0 Å². The fraction of sp³-hybridized carbons (Fsp3) is 0.188. The van der Waals surface area contributed by atoms with Crippen molar-refractivity contribution in [1.29, 1.82) is 5.26 Å². The van der Waals surface area contributed by atoms with Gasteiger partial charge >= 0.3 is 0 Å². The number of nitriles is 1. The molecule has 2 aromatic heterocycles. The van der Waals surface area contributed by atoms with E-state index >= 15 is 0 Å². The topological polar surface area (TPSA) is 123 Å². The predicted octanol–water partition coefficient (Wildman–Crippen LogP) is 1.38. The van der Waals surface area contributed by atoms with Crippen molar-refractivity contribution in [2.45, 2.75) is 19.0 Å². The summed E-state index contributed by atoms with van der Waals surface area (Å²) in [4.78, 5) is 20.2. The number of anilines is 1. The van der Waals surface area contributed by atoms with Gasteiger partial charge in [-0.15, -0.1) is 0 Å². The molecule has 3 aromatic rings. The van der Waals surface area contributed by atoms with Gasteiger partial charge in [-0.2, -0.15) is 10.4 Å². The normalized spacial score (nSPS) is 11.8. The number of benzene rings is 1. The smallest absolute Gasteiger partial charge is 0.244 e. The van der Waals surface area contributed by atoms with Crippen LogP contribution >= 0.6 is 0 Å². The number of carbonyl (C=O) groups excluding carboxylic acids is 1. The second-order valence-corrected chi connectivity index (χ2v) is 5.13. The Morgan fingerprint density at radius 1 is 1.33 bits per heavy atom. The van der Waals surface area contributed by atoms with Crippen molar-refractivity contribution < 1.29 is 4.79 Å². The van der Waals surface area contributed by atoms with E-state index in [1.165, 1.54) is 6.33 Å². The number of fused-ring (bicyclic) bond motifs is 1. The number of nitrogens with two attached hydrogens (primary N) is 1. The Hall–Kier alpha value is -3.47. The summed E-state index contributed by atoms with van der Waals surface area (Å²) in [5.41, 5.74) is 6.87. The van der Waals surface area contributed by atoms with Gasteiger partial charge in [0.2, 0.25) is 5.91 Å². The maximum Gasteiger partial charge on any atom is 0.244 e. The summed E-state index contributed by atoms with van der Waals surface area (Å²) in [7, 11) is 0. The molecule has 1 atom stereocenters. The lowest BCUT2D eigenvalue weighted by atomic mass is 10.1. The first kappa shape index (κ1) is 15.4. The van der Waals surface area contributed by atoms with Crippen molar-refractivity contribution in [2.75, 3.05) is 5.32 Å². The van der Waals surface area contributed by atoms with E-state index in [0.29, 0.717) is 29.8 Å². The van der Waals surface area contributed by atoms with Gasteiger partial charge in [0.1, 0.15) is 18.2 Å². The van der Waals surface area contributed by atoms with Crippen molar-refractivity contribution in [3.05, 3.63) is 48.4 Å². The zero-order valence-corrected chi connectivity index (χ0v) is 12.8. The van der Waals surface area contributed by atoms with E-state index < -0.39 is 11.9 Å². The van der Waals surface area contributed by atoms with Gasteiger partial charge in [0.05, 0.1) is 30.6 Å². The van der Waals surface area contributed by atoms with Gasteiger partial charge in [-0.3, -0.25) is 4.79 Å². The quantitative estimate of drug-likeness (QED) is 0.707. The van der Waals surface area contributed by atoms with Crippen LogP contribution in [0.4, 0.5) is 5.82 Å². The molecule has 0 radical (unpaired) electrons. The van der Waals surface area contributed by atoms with E-state index in [1.807, 2.05) is 30.3 Å². The standard InChI is InChI=1S/C16H15N7O/c17-7-4-8-23-16-12(9-21-23)15(19-10-20-16)22-13(14(18)24)11-5-2-1-3-6-11/h1-3,5-6,9-10,13H,4,8H2,(H2,18,24)(H,19,20,22)/t13-/m1/s1. The minimum Gasteiger partial charge on any atom is -0.368 e. The molecular weight excluding hydrogens is 306 g/mol. The minimum atomic E-state index is -0.716. The van der Waals surface area contributed by atoms with Gasteiger partial charge in [0.15, 0.2) is 5.65 Å². The third-order valence-corrected chi connectivity index (χ3v) is 3.57. The highest BCUT2D eigenvalue weighted by Gasteiger charge is 2.20. The van der Waals surface area contributed by atoms with Crippen molar-refractivity contribution in [1.82, 2.24) is 19.7 Å². The van der Waals surface area contributed by atoms with Crippen LogP contribution < -0.4 is 11.1 Å². The number of nitrogens with zero attached hydrogens (tertiary/aromatic N) is 5. The van der Waals surface area contributed by atoms with Crippen molar-refractivity contribution >= 4 is 22.8 Å². The van der Waals surface area contributed by atoms with Crippen LogP contribution in [0.1, 0.15) is 18.0 Å². The first-order valence-electron chi connectivity index (χ1n) is 7.35. The van der Waals surface area contributed by atoms with E-state index in [4.69, 9.17) is 11.0 Å². The van der Waals surface area contributed by atoms with Crippen LogP contribution in [-0.4, -0.2) is 25.7 Å². The van der Waals surface area contributed by atoms with Crippen molar-refractivity contribution in [2.24, 2.45) is 5.73 Å². The summed E-state index contributed by atoms with van der Waals surface area (Å²) in [5, 5.41) is 16.7. The molecule has 0 aliphatic rings.